The van der Waals surface area contributed by atoms with Crippen LogP contribution in [0.3, 0.4) is 0 Å². The van der Waals surface area contributed by atoms with E-state index in [0.29, 0.717) is 18.8 Å². The van der Waals surface area contributed by atoms with Crippen LogP contribution in [0.5, 0.6) is 0 Å². The molecule has 7 nitrogen and oxygen atoms in total. The smallest absolute Gasteiger partial charge is 0.272 e. The molecule has 2 atom stereocenters. The summed E-state index contributed by atoms with van der Waals surface area (Å²) < 4.78 is 33.3. The highest BCUT2D eigenvalue weighted by Crippen LogP contribution is 2.25. The predicted octanol–water partition coefficient (Wildman–Crippen LogP) is 2.15. The first-order valence-corrected chi connectivity index (χ1v) is 11.3. The van der Waals surface area contributed by atoms with E-state index < -0.39 is 10.0 Å². The Morgan fingerprint density at radius 2 is 1.53 bits per heavy atom. The fourth-order valence-corrected chi connectivity index (χ4v) is 5.63. The van der Waals surface area contributed by atoms with Gasteiger partial charge in [-0.1, -0.05) is 42.5 Å². The molecule has 1 amide bonds. The average Bonchev–Trinajstić information content (AvgIpc) is 2.78. The number of morpholine rings is 2. The van der Waals surface area contributed by atoms with Crippen LogP contribution in [0.4, 0.5) is 0 Å². The molecular weight excluding hydrogens is 402 g/mol. The second-order valence-electron chi connectivity index (χ2n) is 7.61. The number of rotatable bonds is 3. The van der Waals surface area contributed by atoms with Crippen molar-refractivity contribution in [2.45, 2.75) is 17.1 Å². The van der Waals surface area contributed by atoms with Gasteiger partial charge in [-0.2, -0.15) is 4.31 Å². The van der Waals surface area contributed by atoms with Crippen molar-refractivity contribution < 1.29 is 17.9 Å². The molecule has 2 aliphatic heterocycles. The molecule has 2 fully saturated rings. The lowest BCUT2D eigenvalue weighted by Gasteiger charge is -2.45. The molecule has 3 heterocycles. The lowest BCUT2D eigenvalue weighted by Crippen LogP contribution is -2.61. The maximum atomic E-state index is 13.1. The first-order chi connectivity index (χ1) is 14.5. The number of amides is 1. The molecule has 3 aromatic rings. The summed E-state index contributed by atoms with van der Waals surface area (Å²) in [5.74, 6) is -0.154. The van der Waals surface area contributed by atoms with Crippen molar-refractivity contribution in [1.29, 1.82) is 0 Å². The van der Waals surface area contributed by atoms with E-state index in [4.69, 9.17) is 4.74 Å². The van der Waals surface area contributed by atoms with Crippen molar-refractivity contribution in [3.8, 4) is 0 Å². The summed E-state index contributed by atoms with van der Waals surface area (Å²) in [4.78, 5) is 19.6. The second-order valence-corrected chi connectivity index (χ2v) is 9.55. The van der Waals surface area contributed by atoms with Gasteiger partial charge in [0, 0.05) is 31.6 Å². The second kappa shape index (κ2) is 7.46. The van der Waals surface area contributed by atoms with Crippen LogP contribution in [0.15, 0.2) is 71.6 Å². The van der Waals surface area contributed by atoms with E-state index in [9.17, 15) is 13.2 Å². The molecule has 0 saturated carbocycles. The van der Waals surface area contributed by atoms with Crippen molar-refractivity contribution in [3.05, 3.63) is 72.4 Å². The molecule has 0 spiro atoms. The Hall–Kier alpha value is -2.81. The van der Waals surface area contributed by atoms with Gasteiger partial charge in [0.1, 0.15) is 5.69 Å². The molecule has 0 radical (unpaired) electrons. The Labute approximate surface area is 174 Å². The lowest BCUT2D eigenvalue weighted by atomic mass is 10.1. The highest BCUT2D eigenvalue weighted by Gasteiger charge is 2.41. The number of aromatic nitrogens is 1. The van der Waals surface area contributed by atoms with Crippen LogP contribution in [0, 0.1) is 0 Å². The summed E-state index contributed by atoms with van der Waals surface area (Å²) in [6.45, 7) is 1.13. The number of ether oxygens (including phenoxy) is 1. The van der Waals surface area contributed by atoms with Crippen molar-refractivity contribution >= 4 is 26.8 Å². The Morgan fingerprint density at radius 1 is 0.867 bits per heavy atom. The van der Waals surface area contributed by atoms with Gasteiger partial charge >= 0.3 is 0 Å². The highest BCUT2D eigenvalue weighted by molar-refractivity contribution is 7.89. The van der Waals surface area contributed by atoms with E-state index in [2.05, 4.69) is 4.98 Å². The number of fused-ring (bicyclic) bond motifs is 3. The highest BCUT2D eigenvalue weighted by atomic mass is 32.2. The average molecular weight is 423 g/mol. The van der Waals surface area contributed by atoms with Crippen LogP contribution < -0.4 is 0 Å². The summed E-state index contributed by atoms with van der Waals surface area (Å²) in [7, 11) is -3.58. The van der Waals surface area contributed by atoms with Gasteiger partial charge in [-0.05, 0) is 24.3 Å². The van der Waals surface area contributed by atoms with E-state index in [1.165, 1.54) is 4.31 Å². The molecule has 154 valence electrons. The molecule has 2 bridgehead atoms. The van der Waals surface area contributed by atoms with Gasteiger partial charge in [0.2, 0.25) is 10.0 Å². The summed E-state index contributed by atoms with van der Waals surface area (Å²) >= 11 is 0. The van der Waals surface area contributed by atoms with Gasteiger partial charge in [-0.25, -0.2) is 13.4 Å². The van der Waals surface area contributed by atoms with Crippen molar-refractivity contribution in [2.24, 2.45) is 0 Å². The van der Waals surface area contributed by atoms with Crippen LogP contribution in [0.2, 0.25) is 0 Å². The number of sulfonamides is 1. The SMILES string of the molecule is O=C(c1ccc2ccccc2n1)N1CC2CN(S(=O)(=O)c3ccccc3)CC(C1)O2. The van der Waals surface area contributed by atoms with Crippen LogP contribution in [0.25, 0.3) is 10.9 Å². The maximum Gasteiger partial charge on any atom is 0.272 e. The first kappa shape index (κ1) is 19.2. The van der Waals surface area contributed by atoms with Crippen LogP contribution in [-0.2, 0) is 14.8 Å². The summed E-state index contributed by atoms with van der Waals surface area (Å²) in [6, 6.07) is 19.7. The van der Waals surface area contributed by atoms with Crippen molar-refractivity contribution in [2.75, 3.05) is 26.2 Å². The molecule has 2 aliphatic rings. The standard InChI is InChI=1S/C22H21N3O4S/c26-22(21-11-10-16-6-4-5-9-20(16)23-21)24-12-17-14-25(15-18(13-24)29-17)30(27,28)19-7-2-1-3-8-19/h1-11,17-18H,12-15H2. The van der Waals surface area contributed by atoms with Gasteiger partial charge in [-0.15, -0.1) is 0 Å². The van der Waals surface area contributed by atoms with Gasteiger partial charge < -0.3 is 9.64 Å². The number of para-hydroxylation sites is 1. The van der Waals surface area contributed by atoms with Gasteiger partial charge in [-0.3, -0.25) is 4.79 Å². The first-order valence-electron chi connectivity index (χ1n) is 9.86. The summed E-state index contributed by atoms with van der Waals surface area (Å²) in [5, 5.41) is 0.981. The zero-order chi connectivity index (χ0) is 20.7. The molecule has 5 rings (SSSR count). The Kier molecular flexibility index (Phi) is 4.77. The van der Waals surface area contributed by atoms with Crippen molar-refractivity contribution in [1.82, 2.24) is 14.2 Å². The third-order valence-electron chi connectivity index (χ3n) is 5.53. The van der Waals surface area contributed by atoms with Crippen molar-refractivity contribution in [3.63, 3.8) is 0 Å². The van der Waals surface area contributed by atoms with Crippen LogP contribution in [0.1, 0.15) is 10.5 Å². The number of hydrogen-bond acceptors (Lipinski definition) is 5. The maximum absolute atomic E-state index is 13.1. The fourth-order valence-electron chi connectivity index (χ4n) is 4.11. The molecule has 2 unspecified atom stereocenters. The Morgan fingerprint density at radius 3 is 2.27 bits per heavy atom. The van der Waals surface area contributed by atoms with Gasteiger partial charge in [0.15, 0.2) is 0 Å². The number of carbonyl (C=O) groups excluding carboxylic acids is 1. The minimum Gasteiger partial charge on any atom is -0.369 e. The molecule has 0 aliphatic carbocycles. The monoisotopic (exact) mass is 423 g/mol. The lowest BCUT2D eigenvalue weighted by molar-refractivity contribution is -0.113. The molecule has 0 N–H and O–H groups in total. The number of nitrogens with zero attached hydrogens (tertiary/aromatic N) is 3. The molecule has 2 saturated heterocycles. The van der Waals surface area contributed by atoms with E-state index in [-0.39, 0.29) is 36.1 Å². The zero-order valence-corrected chi connectivity index (χ0v) is 17.0. The third-order valence-corrected chi connectivity index (χ3v) is 7.38. The molecule has 1 aromatic heterocycles. The largest absolute Gasteiger partial charge is 0.369 e. The van der Waals surface area contributed by atoms with Gasteiger partial charge in [0.05, 0.1) is 22.6 Å². The summed E-state index contributed by atoms with van der Waals surface area (Å²) in [5.41, 5.74) is 1.17. The van der Waals surface area contributed by atoms with Crippen LogP contribution in [-0.4, -0.2) is 66.9 Å². The normalized spacial score (nSPS) is 22.2. The Bertz CT molecular complexity index is 1190. The third kappa shape index (κ3) is 3.47. The number of carbonyl (C=O) groups is 1. The summed E-state index contributed by atoms with van der Waals surface area (Å²) in [6.07, 6.45) is -0.721. The number of benzene rings is 2. The molecule has 8 heteroatoms. The molecular formula is C22H21N3O4S. The van der Waals surface area contributed by atoms with E-state index in [1.807, 2.05) is 30.3 Å². The minimum absolute atomic E-state index is 0.154. The molecule has 2 aromatic carbocycles. The molecule has 30 heavy (non-hydrogen) atoms. The van der Waals surface area contributed by atoms with E-state index in [0.717, 1.165) is 10.9 Å². The van der Waals surface area contributed by atoms with E-state index >= 15 is 0 Å². The topological polar surface area (TPSA) is 79.8 Å². The Balaban J connectivity index is 1.33. The predicted molar refractivity (Wildman–Crippen MR) is 112 cm³/mol. The number of hydrogen-bond donors (Lipinski definition) is 0. The fraction of sp³-hybridized carbons (Fsp3) is 0.273. The van der Waals surface area contributed by atoms with Gasteiger partial charge in [0.25, 0.3) is 5.91 Å². The van der Waals surface area contributed by atoms with E-state index in [1.54, 1.807) is 41.3 Å². The number of pyridine rings is 1. The van der Waals surface area contributed by atoms with Crippen LogP contribution >= 0.6 is 0 Å². The quantitative estimate of drug-likeness (QED) is 0.645. The zero-order valence-electron chi connectivity index (χ0n) is 16.2. The minimum atomic E-state index is -3.58.